The monoisotopic (exact) mass is 263 g/mol. The summed E-state index contributed by atoms with van der Waals surface area (Å²) in [6.07, 6.45) is 1.97. The Morgan fingerprint density at radius 2 is 2.26 bits per heavy atom. The van der Waals surface area contributed by atoms with Crippen LogP contribution in [0.4, 0.5) is 4.39 Å². The highest BCUT2D eigenvalue weighted by Crippen LogP contribution is 2.17. The predicted molar refractivity (Wildman–Crippen MR) is 67.7 cm³/mol. The number of methoxy groups -OCH3 is 1. The fourth-order valence-corrected chi connectivity index (χ4v) is 1.68. The number of ether oxygens (including phenoxy) is 1. The minimum Gasteiger partial charge on any atom is -0.494 e. The van der Waals surface area contributed by atoms with E-state index in [0.29, 0.717) is 13.0 Å². The molecule has 0 spiro atoms. The molecule has 0 bridgehead atoms. The molecule has 0 fully saturated rings. The molecular formula is C14H14FNO3. The third kappa shape index (κ3) is 3.34. The van der Waals surface area contributed by atoms with Gasteiger partial charge in [-0.05, 0) is 36.2 Å². The van der Waals surface area contributed by atoms with Crippen molar-refractivity contribution in [1.29, 1.82) is 0 Å². The number of carbonyl (C=O) groups excluding carboxylic acids is 1. The van der Waals surface area contributed by atoms with Gasteiger partial charge < -0.3 is 14.5 Å². The van der Waals surface area contributed by atoms with E-state index in [1.54, 1.807) is 24.3 Å². The van der Waals surface area contributed by atoms with Crippen LogP contribution in [-0.4, -0.2) is 19.6 Å². The van der Waals surface area contributed by atoms with Crippen LogP contribution < -0.4 is 10.1 Å². The van der Waals surface area contributed by atoms with E-state index >= 15 is 0 Å². The lowest BCUT2D eigenvalue weighted by Gasteiger charge is -2.06. The van der Waals surface area contributed by atoms with Crippen molar-refractivity contribution in [2.75, 3.05) is 13.7 Å². The molecule has 2 aromatic rings. The summed E-state index contributed by atoms with van der Waals surface area (Å²) in [4.78, 5) is 11.6. The Morgan fingerprint density at radius 3 is 2.89 bits per heavy atom. The van der Waals surface area contributed by atoms with E-state index in [4.69, 9.17) is 9.15 Å². The average Bonchev–Trinajstić information content (AvgIpc) is 2.93. The normalized spacial score (nSPS) is 10.2. The van der Waals surface area contributed by atoms with Crippen LogP contribution >= 0.6 is 0 Å². The molecule has 0 aliphatic heterocycles. The number of benzene rings is 1. The fourth-order valence-electron chi connectivity index (χ4n) is 1.68. The molecule has 2 rings (SSSR count). The van der Waals surface area contributed by atoms with Crippen molar-refractivity contribution >= 4 is 5.91 Å². The molecule has 5 heteroatoms. The molecule has 0 saturated carbocycles. The highest BCUT2D eigenvalue weighted by molar-refractivity contribution is 5.91. The molecule has 1 amide bonds. The van der Waals surface area contributed by atoms with Crippen molar-refractivity contribution in [2.45, 2.75) is 6.42 Å². The largest absolute Gasteiger partial charge is 0.494 e. The summed E-state index contributed by atoms with van der Waals surface area (Å²) in [6, 6.07) is 7.97. The van der Waals surface area contributed by atoms with Crippen LogP contribution in [0.5, 0.6) is 5.75 Å². The Balaban J connectivity index is 1.86. The first-order valence-electron chi connectivity index (χ1n) is 5.85. The maximum Gasteiger partial charge on any atom is 0.286 e. The summed E-state index contributed by atoms with van der Waals surface area (Å²) in [5.74, 6) is -0.208. The first-order valence-corrected chi connectivity index (χ1v) is 5.85. The molecule has 100 valence electrons. The third-order valence-corrected chi connectivity index (χ3v) is 2.66. The van der Waals surface area contributed by atoms with Gasteiger partial charge in [0.15, 0.2) is 17.3 Å². The molecule has 1 aromatic carbocycles. The van der Waals surface area contributed by atoms with Crippen molar-refractivity contribution < 1.29 is 18.3 Å². The maximum absolute atomic E-state index is 13.4. The second kappa shape index (κ2) is 6.04. The van der Waals surface area contributed by atoms with Crippen molar-refractivity contribution in [3.05, 3.63) is 53.7 Å². The Kier molecular flexibility index (Phi) is 4.18. The van der Waals surface area contributed by atoms with Crippen molar-refractivity contribution in [2.24, 2.45) is 0 Å². The number of hydrogen-bond donors (Lipinski definition) is 1. The highest BCUT2D eigenvalue weighted by atomic mass is 19.1. The zero-order valence-electron chi connectivity index (χ0n) is 10.5. The lowest BCUT2D eigenvalue weighted by molar-refractivity contribution is 0.0926. The molecule has 4 nitrogen and oxygen atoms in total. The summed E-state index contributed by atoms with van der Waals surface area (Å²) in [6.45, 7) is 0.408. The quantitative estimate of drug-likeness (QED) is 0.901. The summed E-state index contributed by atoms with van der Waals surface area (Å²) < 4.78 is 23.2. The van der Waals surface area contributed by atoms with E-state index in [2.05, 4.69) is 5.32 Å². The lowest BCUT2D eigenvalue weighted by atomic mass is 10.1. The van der Waals surface area contributed by atoms with Crippen molar-refractivity contribution in [3.8, 4) is 5.75 Å². The lowest BCUT2D eigenvalue weighted by Crippen LogP contribution is -2.25. The minimum atomic E-state index is -0.405. The van der Waals surface area contributed by atoms with Gasteiger partial charge in [-0.3, -0.25) is 4.79 Å². The van der Waals surface area contributed by atoms with Gasteiger partial charge in [0.2, 0.25) is 0 Å². The summed E-state index contributed by atoms with van der Waals surface area (Å²) >= 11 is 0. The van der Waals surface area contributed by atoms with Crippen molar-refractivity contribution in [1.82, 2.24) is 5.32 Å². The molecule has 0 atom stereocenters. The van der Waals surface area contributed by atoms with Gasteiger partial charge in [0.05, 0.1) is 13.4 Å². The number of hydrogen-bond acceptors (Lipinski definition) is 3. The van der Waals surface area contributed by atoms with Gasteiger partial charge in [-0.1, -0.05) is 6.07 Å². The number of carbonyl (C=O) groups is 1. The second-order valence-corrected chi connectivity index (χ2v) is 3.95. The van der Waals surface area contributed by atoms with E-state index < -0.39 is 5.82 Å². The van der Waals surface area contributed by atoms with E-state index in [9.17, 15) is 9.18 Å². The van der Waals surface area contributed by atoms with E-state index in [0.717, 1.165) is 5.56 Å². The standard InChI is InChI=1S/C14H14FNO3/c1-18-12-5-4-10(9-11(12)15)6-7-16-14(17)13-3-2-8-19-13/h2-5,8-9H,6-7H2,1H3,(H,16,17). The van der Waals surface area contributed by atoms with Gasteiger partial charge in [0.1, 0.15) is 0 Å². The molecule has 0 aliphatic carbocycles. The van der Waals surface area contributed by atoms with Gasteiger partial charge in [0.25, 0.3) is 5.91 Å². The zero-order chi connectivity index (χ0) is 13.7. The van der Waals surface area contributed by atoms with Crippen LogP contribution in [0.2, 0.25) is 0 Å². The molecule has 0 aliphatic rings. The Hall–Kier alpha value is -2.30. The number of rotatable bonds is 5. The van der Waals surface area contributed by atoms with Gasteiger partial charge in [0, 0.05) is 6.54 Å². The molecule has 1 N–H and O–H groups in total. The van der Waals surface area contributed by atoms with Gasteiger partial charge >= 0.3 is 0 Å². The molecule has 0 radical (unpaired) electrons. The van der Waals surface area contributed by atoms with E-state index in [1.165, 1.54) is 19.4 Å². The molecule has 1 aromatic heterocycles. The second-order valence-electron chi connectivity index (χ2n) is 3.95. The molecule has 1 heterocycles. The van der Waals surface area contributed by atoms with Crippen LogP contribution in [0, 0.1) is 5.82 Å². The van der Waals surface area contributed by atoms with Crippen LogP contribution in [-0.2, 0) is 6.42 Å². The fraction of sp³-hybridized carbons (Fsp3) is 0.214. The van der Waals surface area contributed by atoms with Gasteiger partial charge in [-0.25, -0.2) is 4.39 Å². The van der Waals surface area contributed by atoms with Crippen LogP contribution in [0.25, 0.3) is 0 Å². The highest BCUT2D eigenvalue weighted by Gasteiger charge is 2.08. The topological polar surface area (TPSA) is 51.5 Å². The minimum absolute atomic E-state index is 0.211. The Morgan fingerprint density at radius 1 is 1.42 bits per heavy atom. The Labute approximate surface area is 110 Å². The Bertz CT molecular complexity index is 552. The van der Waals surface area contributed by atoms with E-state index in [-0.39, 0.29) is 17.4 Å². The number of nitrogens with one attached hydrogen (secondary N) is 1. The molecule has 19 heavy (non-hydrogen) atoms. The van der Waals surface area contributed by atoms with Gasteiger partial charge in [-0.15, -0.1) is 0 Å². The molecule has 0 saturated heterocycles. The number of furan rings is 1. The maximum atomic E-state index is 13.4. The predicted octanol–water partition coefficient (Wildman–Crippen LogP) is 2.40. The SMILES string of the molecule is COc1ccc(CCNC(=O)c2ccco2)cc1F. The number of amides is 1. The first-order chi connectivity index (χ1) is 9.20. The number of halogens is 1. The average molecular weight is 263 g/mol. The van der Waals surface area contributed by atoms with Crippen molar-refractivity contribution in [3.63, 3.8) is 0 Å². The third-order valence-electron chi connectivity index (χ3n) is 2.66. The summed E-state index contributed by atoms with van der Waals surface area (Å²) in [5.41, 5.74) is 0.790. The van der Waals surface area contributed by atoms with Crippen LogP contribution in [0.3, 0.4) is 0 Å². The van der Waals surface area contributed by atoms with E-state index in [1.807, 2.05) is 0 Å². The zero-order valence-corrected chi connectivity index (χ0v) is 10.5. The van der Waals surface area contributed by atoms with Gasteiger partial charge in [-0.2, -0.15) is 0 Å². The van der Waals surface area contributed by atoms with Crippen LogP contribution in [0.1, 0.15) is 16.1 Å². The molecule has 0 unspecified atom stereocenters. The van der Waals surface area contributed by atoms with Crippen LogP contribution in [0.15, 0.2) is 41.0 Å². The summed E-state index contributed by atoms with van der Waals surface area (Å²) in [7, 11) is 1.42. The smallest absolute Gasteiger partial charge is 0.286 e. The summed E-state index contributed by atoms with van der Waals surface area (Å²) in [5, 5.41) is 2.70. The first kappa shape index (κ1) is 13.1. The molecular weight excluding hydrogens is 249 g/mol.